The van der Waals surface area contributed by atoms with Gasteiger partial charge in [-0.15, -0.1) is 11.8 Å². The van der Waals surface area contributed by atoms with E-state index in [9.17, 15) is 0 Å². The predicted octanol–water partition coefficient (Wildman–Crippen LogP) is 5.22. The summed E-state index contributed by atoms with van der Waals surface area (Å²) in [4.78, 5) is 5.39. The largest absolute Gasteiger partial charge is 0.338 e. The second-order valence-electron chi connectivity index (χ2n) is 5.08. The molecule has 1 heterocycles. The fourth-order valence-corrected chi connectivity index (χ4v) is 3.41. The molecule has 5 heteroatoms. The molecule has 3 aromatic rings. The van der Waals surface area contributed by atoms with Crippen molar-refractivity contribution in [3.63, 3.8) is 0 Å². The topological polar surface area (TPSA) is 38.9 Å². The number of aryl methyl sites for hydroxylation is 2. The Hall–Kier alpha value is -1.78. The van der Waals surface area contributed by atoms with Crippen molar-refractivity contribution in [2.45, 2.75) is 24.0 Å². The first-order valence-corrected chi connectivity index (χ1v) is 8.15. The lowest BCUT2D eigenvalue weighted by molar-refractivity contribution is 0.382. The van der Waals surface area contributed by atoms with Gasteiger partial charge in [0.15, 0.2) is 6.33 Å². The Bertz CT molecular complexity index is 757. The van der Waals surface area contributed by atoms with Gasteiger partial charge in [0.25, 0.3) is 0 Å². The van der Waals surface area contributed by atoms with Gasteiger partial charge in [-0.25, -0.2) is 0 Å². The Morgan fingerprint density at radius 1 is 1.05 bits per heavy atom. The van der Waals surface area contributed by atoms with Crippen LogP contribution in [0, 0.1) is 13.8 Å². The molecule has 22 heavy (non-hydrogen) atoms. The maximum absolute atomic E-state index is 5.98. The smallest absolute Gasteiger partial charge is 0.244 e. The molecule has 0 saturated heterocycles. The van der Waals surface area contributed by atoms with Crippen LogP contribution in [-0.4, -0.2) is 10.1 Å². The SMILES string of the molecule is Cc1ccc(SC(c2ccc(Cl)cc2)c2ncno2)cc1C. The van der Waals surface area contributed by atoms with Crippen LogP contribution in [0.3, 0.4) is 0 Å². The monoisotopic (exact) mass is 330 g/mol. The number of rotatable bonds is 4. The summed E-state index contributed by atoms with van der Waals surface area (Å²) >= 11 is 7.67. The fraction of sp³-hybridized carbons (Fsp3) is 0.176. The number of nitrogens with zero attached hydrogens (tertiary/aromatic N) is 2. The van der Waals surface area contributed by atoms with E-state index in [-0.39, 0.29) is 5.25 Å². The molecule has 0 amide bonds. The first-order chi connectivity index (χ1) is 10.6. The summed E-state index contributed by atoms with van der Waals surface area (Å²) in [5.74, 6) is 0.588. The van der Waals surface area contributed by atoms with Crippen molar-refractivity contribution in [2.24, 2.45) is 0 Å². The molecule has 0 aliphatic carbocycles. The number of halogens is 1. The Labute approximate surface area is 138 Å². The van der Waals surface area contributed by atoms with E-state index in [4.69, 9.17) is 16.1 Å². The minimum atomic E-state index is -0.0538. The van der Waals surface area contributed by atoms with Gasteiger partial charge in [-0.3, -0.25) is 0 Å². The summed E-state index contributed by atoms with van der Waals surface area (Å²) in [5.41, 5.74) is 3.63. The highest BCUT2D eigenvalue weighted by atomic mass is 35.5. The van der Waals surface area contributed by atoms with Crippen molar-refractivity contribution < 1.29 is 4.52 Å². The van der Waals surface area contributed by atoms with Crippen LogP contribution < -0.4 is 0 Å². The number of aromatic nitrogens is 2. The fourth-order valence-electron chi connectivity index (χ4n) is 2.12. The molecule has 0 fully saturated rings. The highest BCUT2D eigenvalue weighted by Crippen LogP contribution is 2.40. The molecule has 2 aromatic carbocycles. The molecule has 0 N–H and O–H groups in total. The third-order valence-corrected chi connectivity index (χ3v) is 5.00. The average Bonchev–Trinajstić information content (AvgIpc) is 3.03. The lowest BCUT2D eigenvalue weighted by Gasteiger charge is -2.14. The van der Waals surface area contributed by atoms with Crippen LogP contribution >= 0.6 is 23.4 Å². The van der Waals surface area contributed by atoms with Crippen molar-refractivity contribution in [3.8, 4) is 0 Å². The summed E-state index contributed by atoms with van der Waals surface area (Å²) < 4.78 is 5.29. The Balaban J connectivity index is 1.95. The molecule has 0 bridgehead atoms. The van der Waals surface area contributed by atoms with Crippen molar-refractivity contribution in [2.75, 3.05) is 0 Å². The minimum absolute atomic E-state index is 0.0538. The number of hydrogen-bond donors (Lipinski definition) is 0. The van der Waals surface area contributed by atoms with Crippen LogP contribution in [0.15, 0.2) is 58.2 Å². The van der Waals surface area contributed by atoms with Gasteiger partial charge in [-0.2, -0.15) is 4.98 Å². The molecule has 0 saturated carbocycles. The molecule has 1 aromatic heterocycles. The van der Waals surface area contributed by atoms with Crippen molar-refractivity contribution >= 4 is 23.4 Å². The second kappa shape index (κ2) is 6.55. The van der Waals surface area contributed by atoms with Gasteiger partial charge in [-0.1, -0.05) is 35.0 Å². The van der Waals surface area contributed by atoms with E-state index in [1.165, 1.54) is 22.3 Å². The molecule has 0 aliphatic heterocycles. The molecule has 3 rings (SSSR count). The summed E-state index contributed by atoms with van der Waals surface area (Å²) in [6, 6.07) is 14.2. The maximum atomic E-state index is 5.98. The zero-order valence-electron chi connectivity index (χ0n) is 12.3. The Morgan fingerprint density at radius 3 is 2.45 bits per heavy atom. The quantitative estimate of drug-likeness (QED) is 0.615. The van der Waals surface area contributed by atoms with Gasteiger partial charge >= 0.3 is 0 Å². The van der Waals surface area contributed by atoms with Gasteiger partial charge in [0.1, 0.15) is 5.25 Å². The molecule has 3 nitrogen and oxygen atoms in total. The molecule has 0 aliphatic rings. The summed E-state index contributed by atoms with van der Waals surface area (Å²) in [7, 11) is 0. The van der Waals surface area contributed by atoms with Crippen LogP contribution in [0.2, 0.25) is 5.02 Å². The Kier molecular flexibility index (Phi) is 4.50. The first kappa shape index (κ1) is 15.1. The van der Waals surface area contributed by atoms with E-state index in [0.717, 1.165) is 5.56 Å². The van der Waals surface area contributed by atoms with Crippen molar-refractivity contribution in [3.05, 3.63) is 76.4 Å². The molecular formula is C17H15ClN2OS. The summed E-state index contributed by atoms with van der Waals surface area (Å²) in [6.45, 7) is 4.22. The lowest BCUT2D eigenvalue weighted by Crippen LogP contribution is -1.97. The Morgan fingerprint density at radius 2 is 1.82 bits per heavy atom. The average molecular weight is 331 g/mol. The van der Waals surface area contributed by atoms with E-state index in [0.29, 0.717) is 10.9 Å². The molecular weight excluding hydrogens is 316 g/mol. The van der Waals surface area contributed by atoms with Crippen LogP contribution in [0.4, 0.5) is 0 Å². The van der Waals surface area contributed by atoms with E-state index < -0.39 is 0 Å². The standard InChI is InChI=1S/C17H15ClN2OS/c1-11-3-8-15(9-12(11)2)22-16(17-19-10-20-21-17)13-4-6-14(18)7-5-13/h3-10,16H,1-2H3. The zero-order chi connectivity index (χ0) is 15.5. The molecule has 1 atom stereocenters. The van der Waals surface area contributed by atoms with Gasteiger partial charge in [0.05, 0.1) is 0 Å². The first-order valence-electron chi connectivity index (χ1n) is 6.89. The van der Waals surface area contributed by atoms with Crippen LogP contribution in [-0.2, 0) is 0 Å². The number of hydrogen-bond acceptors (Lipinski definition) is 4. The summed E-state index contributed by atoms with van der Waals surface area (Å²) in [6.07, 6.45) is 1.43. The van der Waals surface area contributed by atoms with Crippen LogP contribution in [0.1, 0.15) is 27.8 Å². The minimum Gasteiger partial charge on any atom is -0.338 e. The summed E-state index contributed by atoms with van der Waals surface area (Å²) in [5, 5.41) is 4.39. The highest BCUT2D eigenvalue weighted by Gasteiger charge is 2.21. The van der Waals surface area contributed by atoms with Gasteiger partial charge in [0.2, 0.25) is 5.89 Å². The molecule has 0 spiro atoms. The number of benzene rings is 2. The second-order valence-corrected chi connectivity index (χ2v) is 6.69. The third-order valence-electron chi connectivity index (χ3n) is 3.51. The lowest BCUT2D eigenvalue weighted by atomic mass is 10.1. The predicted molar refractivity (Wildman–Crippen MR) is 89.4 cm³/mol. The highest BCUT2D eigenvalue weighted by molar-refractivity contribution is 7.99. The molecule has 0 radical (unpaired) electrons. The van der Waals surface area contributed by atoms with Gasteiger partial charge in [0, 0.05) is 9.92 Å². The van der Waals surface area contributed by atoms with E-state index in [1.807, 2.05) is 24.3 Å². The van der Waals surface area contributed by atoms with Gasteiger partial charge in [-0.05, 0) is 54.8 Å². The third kappa shape index (κ3) is 3.34. The molecule has 112 valence electrons. The molecule has 1 unspecified atom stereocenters. The maximum Gasteiger partial charge on any atom is 0.244 e. The van der Waals surface area contributed by atoms with Crippen molar-refractivity contribution in [1.29, 1.82) is 0 Å². The van der Waals surface area contributed by atoms with E-state index in [2.05, 4.69) is 42.2 Å². The van der Waals surface area contributed by atoms with E-state index in [1.54, 1.807) is 11.8 Å². The van der Waals surface area contributed by atoms with Crippen LogP contribution in [0.25, 0.3) is 0 Å². The van der Waals surface area contributed by atoms with E-state index >= 15 is 0 Å². The van der Waals surface area contributed by atoms with Gasteiger partial charge < -0.3 is 4.52 Å². The van der Waals surface area contributed by atoms with Crippen LogP contribution in [0.5, 0.6) is 0 Å². The number of thioether (sulfide) groups is 1. The van der Waals surface area contributed by atoms with Crippen molar-refractivity contribution in [1.82, 2.24) is 10.1 Å². The normalized spacial score (nSPS) is 12.3. The zero-order valence-corrected chi connectivity index (χ0v) is 13.9.